The van der Waals surface area contributed by atoms with Gasteiger partial charge >= 0.3 is 0 Å². The third-order valence-corrected chi connectivity index (χ3v) is 4.94. The van der Waals surface area contributed by atoms with E-state index in [9.17, 15) is 4.79 Å². The molecule has 0 atom stereocenters. The van der Waals surface area contributed by atoms with Crippen molar-refractivity contribution in [2.75, 3.05) is 6.54 Å². The lowest BCUT2D eigenvalue weighted by atomic mass is 10.1. The van der Waals surface area contributed by atoms with E-state index in [-0.39, 0.29) is 5.56 Å². The Kier molecular flexibility index (Phi) is 3.59. The highest BCUT2D eigenvalue weighted by Gasteiger charge is 2.22. The maximum absolute atomic E-state index is 12.4. The standard InChI is InChI=1S/C16H17N5OS/c1-20-8-11(7-17-20)9-21-5-4-13-12(10-21)16(22)19-15(18-13)14-3-2-6-23-14/h2-3,6-8H,4-5,9-10H2,1H3,(H,18,19,22). The summed E-state index contributed by atoms with van der Waals surface area (Å²) in [5, 5.41) is 6.19. The first kappa shape index (κ1) is 14.3. The molecular weight excluding hydrogens is 310 g/mol. The monoisotopic (exact) mass is 327 g/mol. The summed E-state index contributed by atoms with van der Waals surface area (Å²) in [5.74, 6) is 0.685. The number of nitrogens with one attached hydrogen (secondary N) is 1. The van der Waals surface area contributed by atoms with E-state index in [2.05, 4.69) is 20.0 Å². The summed E-state index contributed by atoms with van der Waals surface area (Å²) >= 11 is 1.59. The first-order chi connectivity index (χ1) is 11.2. The van der Waals surface area contributed by atoms with Gasteiger partial charge in [-0.25, -0.2) is 4.98 Å². The van der Waals surface area contributed by atoms with E-state index >= 15 is 0 Å². The summed E-state index contributed by atoms with van der Waals surface area (Å²) < 4.78 is 1.80. The second-order valence-corrected chi connectivity index (χ2v) is 6.75. The normalized spacial score (nSPS) is 14.8. The third kappa shape index (κ3) is 2.85. The predicted molar refractivity (Wildman–Crippen MR) is 89.2 cm³/mol. The molecule has 0 aliphatic carbocycles. The highest BCUT2D eigenvalue weighted by molar-refractivity contribution is 7.13. The molecule has 1 aliphatic rings. The molecule has 0 saturated carbocycles. The van der Waals surface area contributed by atoms with E-state index < -0.39 is 0 Å². The van der Waals surface area contributed by atoms with Gasteiger partial charge in [-0.15, -0.1) is 11.3 Å². The van der Waals surface area contributed by atoms with Gasteiger partial charge in [-0.3, -0.25) is 14.4 Å². The van der Waals surface area contributed by atoms with Crippen LogP contribution in [0.25, 0.3) is 10.7 Å². The molecule has 3 aromatic rings. The molecule has 6 nitrogen and oxygen atoms in total. The lowest BCUT2D eigenvalue weighted by Crippen LogP contribution is -2.35. The zero-order valence-electron chi connectivity index (χ0n) is 12.8. The van der Waals surface area contributed by atoms with Crippen molar-refractivity contribution in [3.05, 3.63) is 57.1 Å². The van der Waals surface area contributed by atoms with Gasteiger partial charge in [-0.2, -0.15) is 5.10 Å². The first-order valence-corrected chi connectivity index (χ1v) is 8.43. The van der Waals surface area contributed by atoms with Crippen molar-refractivity contribution in [3.8, 4) is 10.7 Å². The molecule has 0 amide bonds. The Bertz CT molecular complexity index is 880. The highest BCUT2D eigenvalue weighted by atomic mass is 32.1. The average Bonchev–Trinajstić information content (AvgIpc) is 3.20. The van der Waals surface area contributed by atoms with Crippen LogP contribution in [-0.2, 0) is 26.6 Å². The predicted octanol–water partition coefficient (Wildman–Crippen LogP) is 1.79. The van der Waals surface area contributed by atoms with Gasteiger partial charge in [0.1, 0.15) is 0 Å². The summed E-state index contributed by atoms with van der Waals surface area (Å²) in [6, 6.07) is 3.95. The molecule has 7 heteroatoms. The van der Waals surface area contributed by atoms with E-state index in [1.807, 2.05) is 37.0 Å². The third-order valence-electron chi connectivity index (χ3n) is 4.07. The van der Waals surface area contributed by atoms with Gasteiger partial charge < -0.3 is 4.98 Å². The second kappa shape index (κ2) is 5.75. The molecule has 0 saturated heterocycles. The van der Waals surface area contributed by atoms with Crippen molar-refractivity contribution < 1.29 is 0 Å². The summed E-state index contributed by atoms with van der Waals surface area (Å²) in [4.78, 5) is 23.3. The van der Waals surface area contributed by atoms with Crippen molar-refractivity contribution in [2.45, 2.75) is 19.5 Å². The number of aromatic nitrogens is 4. The van der Waals surface area contributed by atoms with Crippen molar-refractivity contribution in [1.82, 2.24) is 24.6 Å². The fraction of sp³-hybridized carbons (Fsp3) is 0.312. The molecule has 0 unspecified atom stereocenters. The summed E-state index contributed by atoms with van der Waals surface area (Å²) in [6.07, 6.45) is 4.69. The van der Waals surface area contributed by atoms with E-state index in [0.717, 1.165) is 41.2 Å². The number of nitrogens with zero attached hydrogens (tertiary/aromatic N) is 4. The molecule has 23 heavy (non-hydrogen) atoms. The van der Waals surface area contributed by atoms with Crippen LogP contribution in [0.15, 0.2) is 34.7 Å². The van der Waals surface area contributed by atoms with Crippen LogP contribution in [0.4, 0.5) is 0 Å². The second-order valence-electron chi connectivity index (χ2n) is 5.80. The fourth-order valence-electron chi connectivity index (χ4n) is 2.96. The minimum atomic E-state index is -0.0192. The van der Waals surface area contributed by atoms with Crippen molar-refractivity contribution in [3.63, 3.8) is 0 Å². The van der Waals surface area contributed by atoms with Gasteiger partial charge in [0.15, 0.2) is 5.82 Å². The molecule has 1 N–H and O–H groups in total. The maximum atomic E-state index is 12.4. The number of aromatic amines is 1. The largest absolute Gasteiger partial charge is 0.306 e. The molecule has 4 rings (SSSR count). The molecule has 4 heterocycles. The molecule has 0 fully saturated rings. The van der Waals surface area contributed by atoms with Gasteiger partial charge in [0.2, 0.25) is 0 Å². The fourth-order valence-corrected chi connectivity index (χ4v) is 3.63. The maximum Gasteiger partial charge on any atom is 0.255 e. The lowest BCUT2D eigenvalue weighted by molar-refractivity contribution is 0.242. The van der Waals surface area contributed by atoms with Gasteiger partial charge in [0, 0.05) is 44.9 Å². The Morgan fingerprint density at radius 1 is 1.43 bits per heavy atom. The molecule has 0 bridgehead atoms. The number of thiophene rings is 1. The van der Waals surface area contributed by atoms with Crippen LogP contribution in [0.1, 0.15) is 16.8 Å². The van der Waals surface area contributed by atoms with Crippen molar-refractivity contribution >= 4 is 11.3 Å². The average molecular weight is 327 g/mol. The quantitative estimate of drug-likeness (QED) is 0.796. The molecule has 0 spiro atoms. The molecule has 3 aromatic heterocycles. The zero-order chi connectivity index (χ0) is 15.8. The minimum Gasteiger partial charge on any atom is -0.306 e. The Hall–Kier alpha value is -2.25. The lowest BCUT2D eigenvalue weighted by Gasteiger charge is -2.27. The first-order valence-electron chi connectivity index (χ1n) is 7.55. The number of H-pyrrole nitrogens is 1. The number of aryl methyl sites for hydroxylation is 1. The van der Waals surface area contributed by atoms with Crippen molar-refractivity contribution in [2.24, 2.45) is 7.05 Å². The topological polar surface area (TPSA) is 66.8 Å². The Balaban J connectivity index is 1.59. The molecule has 118 valence electrons. The highest BCUT2D eigenvalue weighted by Crippen LogP contribution is 2.22. The Morgan fingerprint density at radius 2 is 2.35 bits per heavy atom. The number of hydrogen-bond donors (Lipinski definition) is 1. The van der Waals surface area contributed by atoms with Crippen LogP contribution in [-0.4, -0.2) is 31.2 Å². The number of fused-ring (bicyclic) bond motifs is 1. The summed E-state index contributed by atoms with van der Waals surface area (Å²) in [5.41, 5.74) is 2.87. The van der Waals surface area contributed by atoms with Crippen molar-refractivity contribution in [1.29, 1.82) is 0 Å². The summed E-state index contributed by atoms with van der Waals surface area (Å²) in [6.45, 7) is 2.35. The molecular formula is C16H17N5OS. The van der Waals surface area contributed by atoms with Crippen LogP contribution < -0.4 is 5.56 Å². The SMILES string of the molecule is Cn1cc(CN2CCc3nc(-c4cccs4)[nH]c(=O)c3C2)cn1. The molecule has 0 aromatic carbocycles. The van der Waals surface area contributed by atoms with Crippen LogP contribution in [0.3, 0.4) is 0 Å². The number of hydrogen-bond acceptors (Lipinski definition) is 5. The van der Waals surface area contributed by atoms with E-state index in [4.69, 9.17) is 0 Å². The van der Waals surface area contributed by atoms with E-state index in [0.29, 0.717) is 12.4 Å². The van der Waals surface area contributed by atoms with Gasteiger partial charge in [-0.05, 0) is 11.4 Å². The number of rotatable bonds is 3. The zero-order valence-corrected chi connectivity index (χ0v) is 13.6. The Morgan fingerprint density at radius 3 is 3.09 bits per heavy atom. The molecule has 1 aliphatic heterocycles. The van der Waals surface area contributed by atoms with Gasteiger partial charge in [0.25, 0.3) is 5.56 Å². The van der Waals surface area contributed by atoms with Gasteiger partial charge in [0.05, 0.1) is 22.3 Å². The molecule has 0 radical (unpaired) electrons. The van der Waals surface area contributed by atoms with E-state index in [1.54, 1.807) is 16.0 Å². The van der Waals surface area contributed by atoms with Crippen LogP contribution >= 0.6 is 11.3 Å². The van der Waals surface area contributed by atoms with Crippen LogP contribution in [0.5, 0.6) is 0 Å². The van der Waals surface area contributed by atoms with E-state index in [1.165, 1.54) is 0 Å². The Labute approximate surface area is 137 Å². The minimum absolute atomic E-state index is 0.0192. The summed E-state index contributed by atoms with van der Waals surface area (Å²) in [7, 11) is 1.91. The van der Waals surface area contributed by atoms with Crippen LogP contribution in [0, 0.1) is 0 Å². The smallest absolute Gasteiger partial charge is 0.255 e. The van der Waals surface area contributed by atoms with Crippen LogP contribution in [0.2, 0.25) is 0 Å². The van der Waals surface area contributed by atoms with Gasteiger partial charge in [-0.1, -0.05) is 6.07 Å².